The molecule has 0 aliphatic carbocycles. The number of para-hydroxylation sites is 1. The Kier molecular flexibility index (Phi) is 8.27. The lowest BCUT2D eigenvalue weighted by molar-refractivity contribution is -0.123. The number of amides is 3. The molecule has 0 unspecified atom stereocenters. The van der Waals surface area contributed by atoms with E-state index in [1.54, 1.807) is 13.2 Å². The summed E-state index contributed by atoms with van der Waals surface area (Å²) in [5, 5.41) is 3.34. The molecule has 1 saturated heterocycles. The van der Waals surface area contributed by atoms with Crippen molar-refractivity contribution in [1.82, 2.24) is 14.8 Å². The van der Waals surface area contributed by atoms with Gasteiger partial charge in [-0.05, 0) is 48.2 Å². The maximum atomic E-state index is 13.0. The number of hydrogen-bond acceptors (Lipinski definition) is 6. The van der Waals surface area contributed by atoms with Gasteiger partial charge in [-0.15, -0.1) is 0 Å². The third-order valence-corrected chi connectivity index (χ3v) is 6.70. The highest BCUT2D eigenvalue weighted by Gasteiger charge is 2.35. The molecule has 1 aliphatic rings. The second kappa shape index (κ2) is 11.6. The summed E-state index contributed by atoms with van der Waals surface area (Å²) < 4.78 is 13.3. The number of hydrogen-bond donors (Lipinski definition) is 1. The Bertz CT molecular complexity index is 1270. The third kappa shape index (κ3) is 6.14. The zero-order valence-corrected chi connectivity index (χ0v) is 21.4. The molecule has 0 atom stereocenters. The fraction of sp³-hybridized carbons (Fsp3) is 0.240. The molecule has 8 nitrogen and oxygen atoms in total. The number of ether oxygens (including phenoxy) is 2. The van der Waals surface area contributed by atoms with E-state index in [9.17, 15) is 14.4 Å². The molecule has 4 rings (SSSR count). The highest BCUT2D eigenvalue weighted by molar-refractivity contribution is 9.10. The summed E-state index contributed by atoms with van der Waals surface area (Å²) in [4.78, 5) is 39.4. The molecule has 1 fully saturated rings. The topological polar surface area (TPSA) is 89.9 Å². The first-order valence-electron chi connectivity index (χ1n) is 10.9. The molecule has 0 spiro atoms. The summed E-state index contributed by atoms with van der Waals surface area (Å²) in [5.41, 5.74) is 1.59. The van der Waals surface area contributed by atoms with Gasteiger partial charge in [0.05, 0.1) is 18.1 Å². The molecule has 182 valence electrons. The van der Waals surface area contributed by atoms with Gasteiger partial charge in [-0.3, -0.25) is 19.3 Å². The fourth-order valence-electron chi connectivity index (χ4n) is 3.65. The molecular formula is C25H24BrN3O5S. The molecule has 1 N–H and O–H groups in total. The van der Waals surface area contributed by atoms with Crippen LogP contribution in [-0.2, 0) is 20.9 Å². The van der Waals surface area contributed by atoms with E-state index in [1.807, 2.05) is 59.3 Å². The van der Waals surface area contributed by atoms with E-state index >= 15 is 0 Å². The number of nitrogens with one attached hydrogen (secondary N) is 1. The maximum Gasteiger partial charge on any atom is 0.293 e. The Balaban J connectivity index is 1.51. The second-order valence-corrected chi connectivity index (χ2v) is 9.62. The zero-order chi connectivity index (χ0) is 24.8. The third-order valence-electron chi connectivity index (χ3n) is 5.30. The van der Waals surface area contributed by atoms with Crippen LogP contribution in [0.2, 0.25) is 0 Å². The van der Waals surface area contributed by atoms with Gasteiger partial charge in [0.25, 0.3) is 11.1 Å². The summed E-state index contributed by atoms with van der Waals surface area (Å²) in [6.07, 6.45) is 3.52. The molecule has 2 aromatic carbocycles. The lowest BCUT2D eigenvalue weighted by Gasteiger charge is -2.13. The summed E-state index contributed by atoms with van der Waals surface area (Å²) in [7, 11) is 1.58. The Labute approximate surface area is 215 Å². The van der Waals surface area contributed by atoms with E-state index < -0.39 is 0 Å². The molecular weight excluding hydrogens is 534 g/mol. The van der Waals surface area contributed by atoms with Gasteiger partial charge in [0.1, 0.15) is 18.9 Å². The number of rotatable bonds is 10. The summed E-state index contributed by atoms with van der Waals surface area (Å²) in [6, 6.07) is 15.0. The number of carbonyl (C=O) groups excluding carboxylic acids is 3. The SMILES string of the molecule is COCCNC(=O)Cn1cc(/C=C2\SC(=O)N(CCOc3ccccc3)C2=O)c2cc(Br)ccc21. The van der Waals surface area contributed by atoms with Crippen LogP contribution in [-0.4, -0.2) is 59.9 Å². The number of thioether (sulfide) groups is 1. The van der Waals surface area contributed by atoms with Gasteiger partial charge in [-0.1, -0.05) is 34.1 Å². The van der Waals surface area contributed by atoms with Crippen LogP contribution in [0.3, 0.4) is 0 Å². The first-order valence-corrected chi connectivity index (χ1v) is 12.5. The van der Waals surface area contributed by atoms with Crippen molar-refractivity contribution >= 4 is 61.7 Å². The van der Waals surface area contributed by atoms with E-state index in [2.05, 4.69) is 21.2 Å². The molecule has 0 bridgehead atoms. The number of benzene rings is 2. The van der Waals surface area contributed by atoms with Crippen LogP contribution in [0.25, 0.3) is 17.0 Å². The van der Waals surface area contributed by atoms with Gasteiger partial charge >= 0.3 is 0 Å². The van der Waals surface area contributed by atoms with Crippen molar-refractivity contribution in [3.8, 4) is 5.75 Å². The number of aromatic nitrogens is 1. The van der Waals surface area contributed by atoms with Crippen LogP contribution >= 0.6 is 27.7 Å². The Morgan fingerprint density at radius 1 is 1.14 bits per heavy atom. The normalized spacial score (nSPS) is 14.8. The van der Waals surface area contributed by atoms with Gasteiger partial charge in [-0.25, -0.2) is 0 Å². The summed E-state index contributed by atoms with van der Waals surface area (Å²) in [6.45, 7) is 1.34. The first-order chi connectivity index (χ1) is 17.0. The van der Waals surface area contributed by atoms with E-state index in [4.69, 9.17) is 9.47 Å². The average Bonchev–Trinajstić information content (AvgIpc) is 3.30. The van der Waals surface area contributed by atoms with Crippen LogP contribution in [0.5, 0.6) is 5.75 Å². The number of nitrogens with zero attached hydrogens (tertiary/aromatic N) is 2. The van der Waals surface area contributed by atoms with E-state index in [1.165, 1.54) is 4.90 Å². The summed E-state index contributed by atoms with van der Waals surface area (Å²) >= 11 is 4.39. The van der Waals surface area contributed by atoms with Gasteiger partial charge in [0.15, 0.2) is 0 Å². The van der Waals surface area contributed by atoms with Crippen molar-refractivity contribution < 1.29 is 23.9 Å². The highest BCUT2D eigenvalue weighted by atomic mass is 79.9. The first kappa shape index (κ1) is 25.0. The molecule has 10 heteroatoms. The number of imide groups is 1. The van der Waals surface area contributed by atoms with E-state index in [-0.39, 0.29) is 36.7 Å². The molecule has 3 amide bonds. The molecule has 35 heavy (non-hydrogen) atoms. The standard InChI is InChI=1S/C25H24BrN3O5S/c1-33-11-9-27-23(30)16-28-15-17(20-14-18(26)7-8-21(20)28)13-22-24(31)29(25(32)35-22)10-12-34-19-5-3-2-4-6-19/h2-8,13-15H,9-12,16H2,1H3,(H,27,30)/b22-13-. The minimum absolute atomic E-state index is 0.119. The van der Waals surface area contributed by atoms with Gasteiger partial charge in [-0.2, -0.15) is 0 Å². The minimum Gasteiger partial charge on any atom is -0.492 e. The quantitative estimate of drug-likeness (QED) is 0.295. The smallest absolute Gasteiger partial charge is 0.293 e. The number of methoxy groups -OCH3 is 1. The Morgan fingerprint density at radius 2 is 1.94 bits per heavy atom. The van der Waals surface area contributed by atoms with Crippen molar-refractivity contribution in [1.29, 1.82) is 0 Å². The van der Waals surface area contributed by atoms with Gasteiger partial charge in [0.2, 0.25) is 5.91 Å². The van der Waals surface area contributed by atoms with E-state index in [0.29, 0.717) is 23.8 Å². The fourth-order valence-corrected chi connectivity index (χ4v) is 4.87. The van der Waals surface area contributed by atoms with Crippen LogP contribution < -0.4 is 10.1 Å². The van der Waals surface area contributed by atoms with Crippen LogP contribution in [0, 0.1) is 0 Å². The van der Waals surface area contributed by atoms with Crippen molar-refractivity contribution in [3.05, 3.63) is 69.7 Å². The molecule has 0 radical (unpaired) electrons. The van der Waals surface area contributed by atoms with Gasteiger partial charge in [0, 0.05) is 40.8 Å². The lowest BCUT2D eigenvalue weighted by atomic mass is 10.1. The molecule has 1 aliphatic heterocycles. The largest absolute Gasteiger partial charge is 0.492 e. The number of fused-ring (bicyclic) bond motifs is 1. The number of halogens is 1. The molecule has 3 aromatic rings. The zero-order valence-electron chi connectivity index (χ0n) is 19.0. The van der Waals surface area contributed by atoms with Gasteiger partial charge < -0.3 is 19.4 Å². The van der Waals surface area contributed by atoms with Crippen molar-refractivity contribution in [2.24, 2.45) is 0 Å². The average molecular weight is 558 g/mol. The molecule has 1 aromatic heterocycles. The van der Waals surface area contributed by atoms with Crippen LogP contribution in [0.4, 0.5) is 4.79 Å². The van der Waals surface area contributed by atoms with Crippen molar-refractivity contribution in [3.63, 3.8) is 0 Å². The Morgan fingerprint density at radius 3 is 2.71 bits per heavy atom. The van der Waals surface area contributed by atoms with Crippen LogP contribution in [0.15, 0.2) is 64.1 Å². The van der Waals surface area contributed by atoms with E-state index in [0.717, 1.165) is 32.7 Å². The Hall–Kier alpha value is -3.08. The lowest BCUT2D eigenvalue weighted by Crippen LogP contribution is -2.32. The highest BCUT2D eigenvalue weighted by Crippen LogP contribution is 2.34. The maximum absolute atomic E-state index is 13.0. The minimum atomic E-state index is -0.357. The number of carbonyl (C=O) groups is 3. The van der Waals surface area contributed by atoms with Crippen LogP contribution in [0.1, 0.15) is 5.56 Å². The van der Waals surface area contributed by atoms with Crippen molar-refractivity contribution in [2.75, 3.05) is 33.4 Å². The monoisotopic (exact) mass is 557 g/mol. The van der Waals surface area contributed by atoms with Crippen molar-refractivity contribution in [2.45, 2.75) is 6.54 Å². The molecule has 2 heterocycles. The predicted octanol–water partition coefficient (Wildman–Crippen LogP) is 4.28. The summed E-state index contributed by atoms with van der Waals surface area (Å²) in [5.74, 6) is 0.177. The predicted molar refractivity (Wildman–Crippen MR) is 139 cm³/mol. The molecule has 0 saturated carbocycles. The second-order valence-electron chi connectivity index (χ2n) is 7.71.